The summed E-state index contributed by atoms with van der Waals surface area (Å²) in [5.41, 5.74) is 1.64. The molecular formula is C11H18Te. The van der Waals surface area contributed by atoms with Crippen molar-refractivity contribution in [3.8, 4) is 0 Å². The molecule has 0 aromatic rings. The molecule has 1 aliphatic heterocycles. The molecule has 0 bridgehead atoms. The fourth-order valence-corrected chi connectivity index (χ4v) is 4.81. The van der Waals surface area contributed by atoms with E-state index in [1.165, 1.54) is 4.47 Å². The Hall–Kier alpha value is 0.270. The zero-order chi connectivity index (χ0) is 9.14. The van der Waals surface area contributed by atoms with Crippen molar-refractivity contribution in [1.29, 1.82) is 0 Å². The van der Waals surface area contributed by atoms with E-state index in [1.807, 2.05) is 0 Å². The molecule has 12 heavy (non-hydrogen) atoms. The van der Waals surface area contributed by atoms with Crippen molar-refractivity contribution in [2.45, 2.75) is 32.2 Å². The number of hydrogen-bond donors (Lipinski definition) is 0. The molecule has 0 unspecified atom stereocenters. The third-order valence-corrected chi connectivity index (χ3v) is 5.99. The first-order valence-electron chi connectivity index (χ1n) is 4.66. The van der Waals surface area contributed by atoms with Gasteiger partial charge in [0, 0.05) is 0 Å². The van der Waals surface area contributed by atoms with Gasteiger partial charge in [0.25, 0.3) is 0 Å². The Morgan fingerprint density at radius 1 is 1.17 bits per heavy atom. The van der Waals surface area contributed by atoms with Gasteiger partial charge in [0.2, 0.25) is 0 Å². The van der Waals surface area contributed by atoms with Crippen molar-refractivity contribution in [3.63, 3.8) is 0 Å². The second-order valence-corrected chi connectivity index (χ2v) is 6.87. The number of allylic oxidation sites excluding steroid dienone is 4. The number of rotatable bonds is 2. The van der Waals surface area contributed by atoms with Gasteiger partial charge >= 0.3 is 86.3 Å². The van der Waals surface area contributed by atoms with Gasteiger partial charge in [-0.2, -0.15) is 0 Å². The monoisotopic (exact) mass is 280 g/mol. The molecule has 1 rings (SSSR count). The quantitative estimate of drug-likeness (QED) is 0.680. The molecule has 0 N–H and O–H groups in total. The Balaban J connectivity index is 2.92. The minimum atomic E-state index is 0.155. The molecule has 0 nitrogen and oxygen atoms in total. The third kappa shape index (κ3) is 2.38. The third-order valence-electron chi connectivity index (χ3n) is 2.06. The summed E-state index contributed by atoms with van der Waals surface area (Å²) in [7, 11) is 0. The average molecular weight is 278 g/mol. The van der Waals surface area contributed by atoms with Gasteiger partial charge in [-0.1, -0.05) is 0 Å². The summed E-state index contributed by atoms with van der Waals surface area (Å²) in [5.74, 6) is 1.51. The Morgan fingerprint density at radius 3 is 2.25 bits per heavy atom. The minimum absolute atomic E-state index is 0.155. The van der Waals surface area contributed by atoms with Crippen LogP contribution in [0.3, 0.4) is 0 Å². The van der Waals surface area contributed by atoms with Gasteiger partial charge in [-0.3, -0.25) is 0 Å². The zero-order valence-electron chi connectivity index (χ0n) is 8.42. The fourth-order valence-electron chi connectivity index (χ4n) is 1.46. The van der Waals surface area contributed by atoms with E-state index in [2.05, 4.69) is 39.8 Å². The van der Waals surface area contributed by atoms with Crippen LogP contribution in [-0.2, 0) is 0 Å². The van der Waals surface area contributed by atoms with E-state index in [0.29, 0.717) is 0 Å². The van der Waals surface area contributed by atoms with Gasteiger partial charge in [-0.05, 0) is 0 Å². The van der Waals surface area contributed by atoms with E-state index in [4.69, 9.17) is 0 Å². The van der Waals surface area contributed by atoms with Crippen molar-refractivity contribution in [2.24, 2.45) is 11.8 Å². The van der Waals surface area contributed by atoms with E-state index in [-0.39, 0.29) is 20.9 Å². The van der Waals surface area contributed by atoms with Crippen LogP contribution in [-0.4, -0.2) is 20.9 Å². The molecule has 0 aliphatic carbocycles. The van der Waals surface area contributed by atoms with Crippen molar-refractivity contribution < 1.29 is 0 Å². The van der Waals surface area contributed by atoms with E-state index >= 15 is 0 Å². The van der Waals surface area contributed by atoms with E-state index in [1.54, 1.807) is 9.19 Å². The van der Waals surface area contributed by atoms with Crippen LogP contribution in [0.1, 0.15) is 27.7 Å². The molecule has 68 valence electrons. The van der Waals surface area contributed by atoms with Crippen molar-refractivity contribution in [1.82, 2.24) is 0 Å². The average Bonchev–Trinajstić information content (AvgIpc) is 2.04. The predicted molar refractivity (Wildman–Crippen MR) is 56.4 cm³/mol. The molecule has 0 saturated heterocycles. The van der Waals surface area contributed by atoms with Gasteiger partial charge in [-0.25, -0.2) is 0 Å². The van der Waals surface area contributed by atoms with Crippen LogP contribution >= 0.6 is 0 Å². The van der Waals surface area contributed by atoms with Crippen LogP contribution in [0.15, 0.2) is 21.3 Å². The van der Waals surface area contributed by atoms with Crippen molar-refractivity contribution in [2.75, 3.05) is 0 Å². The molecule has 0 saturated carbocycles. The first kappa shape index (κ1) is 10.4. The molecule has 1 heteroatoms. The molecule has 0 radical (unpaired) electrons. The molecular weight excluding hydrogens is 260 g/mol. The maximum absolute atomic E-state index is 2.36. The summed E-state index contributed by atoms with van der Waals surface area (Å²) in [5, 5.41) is 0. The van der Waals surface area contributed by atoms with Gasteiger partial charge in [0.15, 0.2) is 0 Å². The molecule has 0 spiro atoms. The van der Waals surface area contributed by atoms with Crippen LogP contribution in [0.2, 0.25) is 4.47 Å². The topological polar surface area (TPSA) is 0 Å². The zero-order valence-corrected chi connectivity index (χ0v) is 10.8. The van der Waals surface area contributed by atoms with Crippen LogP contribution < -0.4 is 0 Å². The summed E-state index contributed by atoms with van der Waals surface area (Å²) in [6, 6.07) is 0. The van der Waals surface area contributed by atoms with Gasteiger partial charge in [0.1, 0.15) is 0 Å². The summed E-state index contributed by atoms with van der Waals surface area (Å²) in [6.07, 6.45) is 4.72. The summed E-state index contributed by atoms with van der Waals surface area (Å²) < 4.78 is 3.17. The van der Waals surface area contributed by atoms with Gasteiger partial charge in [0.05, 0.1) is 0 Å². The fraction of sp³-hybridized carbons (Fsp3) is 0.636. The second kappa shape index (κ2) is 4.49. The van der Waals surface area contributed by atoms with E-state index in [0.717, 1.165) is 11.8 Å². The Bertz CT molecular complexity index is 209. The van der Waals surface area contributed by atoms with Crippen LogP contribution in [0.4, 0.5) is 0 Å². The Kier molecular flexibility index (Phi) is 3.87. The first-order chi connectivity index (χ1) is 5.63. The number of hydrogen-bond acceptors (Lipinski definition) is 0. The van der Waals surface area contributed by atoms with Crippen LogP contribution in [0, 0.1) is 11.8 Å². The van der Waals surface area contributed by atoms with Crippen molar-refractivity contribution >= 4 is 20.9 Å². The Labute approximate surface area is 86.2 Å². The molecule has 1 heterocycles. The summed E-state index contributed by atoms with van der Waals surface area (Å²) >= 11 is 0.155. The standard InChI is InChI=1S/C11H18Te/c1-8(2)10-6-5-7-12-11(10)9(3)4/h5-6,8-9H,7H2,1-4H3. The Morgan fingerprint density at radius 2 is 1.83 bits per heavy atom. The SMILES string of the molecule is CC(C)C1=C(C(C)C)[Te]CC=C1. The maximum atomic E-state index is 2.36. The van der Waals surface area contributed by atoms with Gasteiger partial charge < -0.3 is 0 Å². The van der Waals surface area contributed by atoms with E-state index < -0.39 is 0 Å². The first-order valence-corrected chi connectivity index (χ1v) is 7.47. The molecule has 0 aromatic heterocycles. The van der Waals surface area contributed by atoms with Crippen LogP contribution in [0.5, 0.6) is 0 Å². The summed E-state index contributed by atoms with van der Waals surface area (Å²) in [4.78, 5) is 0. The van der Waals surface area contributed by atoms with Crippen molar-refractivity contribution in [3.05, 3.63) is 21.3 Å². The second-order valence-electron chi connectivity index (χ2n) is 3.84. The normalized spacial score (nSPS) is 18.2. The van der Waals surface area contributed by atoms with Gasteiger partial charge in [-0.15, -0.1) is 0 Å². The molecule has 0 aromatic carbocycles. The molecule has 1 aliphatic rings. The molecule has 0 amide bonds. The van der Waals surface area contributed by atoms with Crippen LogP contribution in [0.25, 0.3) is 0 Å². The molecule has 0 fully saturated rings. The van der Waals surface area contributed by atoms with E-state index in [9.17, 15) is 0 Å². The summed E-state index contributed by atoms with van der Waals surface area (Å²) in [6.45, 7) is 9.28. The predicted octanol–water partition coefficient (Wildman–Crippen LogP) is 3.24. The molecule has 0 atom stereocenters.